The van der Waals surface area contributed by atoms with Crippen LogP contribution in [0.15, 0.2) is 40.5 Å². The van der Waals surface area contributed by atoms with E-state index in [1.807, 2.05) is 0 Å². The molecule has 2 aromatic heterocycles. The Morgan fingerprint density at radius 3 is 2.50 bits per heavy atom. The molecule has 28 heavy (non-hydrogen) atoms. The van der Waals surface area contributed by atoms with Gasteiger partial charge in [-0.15, -0.1) is 5.10 Å². The second kappa shape index (κ2) is 7.18. The molecule has 0 amide bonds. The minimum atomic E-state index is -4.57. The van der Waals surface area contributed by atoms with Gasteiger partial charge in [0.1, 0.15) is 5.75 Å². The summed E-state index contributed by atoms with van der Waals surface area (Å²) in [6.07, 6.45) is -3.16. The van der Waals surface area contributed by atoms with Crippen LogP contribution in [0.4, 0.5) is 13.2 Å². The van der Waals surface area contributed by atoms with E-state index in [2.05, 4.69) is 20.3 Å². The van der Waals surface area contributed by atoms with Gasteiger partial charge < -0.3 is 16.2 Å². The lowest BCUT2D eigenvalue weighted by molar-refractivity contribution is -0.136. The SMILES string of the molecule is Cc1nn(C)c2nc(Oc3ccc(C=NN=C(N)N)cc3)cc(C(F)(F)F)c12. The first-order chi connectivity index (χ1) is 13.1. The predicted octanol–water partition coefficient (Wildman–Crippen LogP) is 2.70. The highest BCUT2D eigenvalue weighted by Gasteiger charge is 2.35. The van der Waals surface area contributed by atoms with Crippen LogP contribution >= 0.6 is 0 Å². The van der Waals surface area contributed by atoms with Crippen molar-refractivity contribution in [2.75, 3.05) is 0 Å². The molecule has 0 aliphatic heterocycles. The van der Waals surface area contributed by atoms with Crippen molar-refractivity contribution in [1.29, 1.82) is 0 Å². The zero-order valence-electron chi connectivity index (χ0n) is 14.9. The number of aromatic nitrogens is 3. The Morgan fingerprint density at radius 2 is 1.89 bits per heavy atom. The number of pyridine rings is 1. The van der Waals surface area contributed by atoms with Crippen molar-refractivity contribution in [1.82, 2.24) is 14.8 Å². The largest absolute Gasteiger partial charge is 0.439 e. The fourth-order valence-corrected chi connectivity index (χ4v) is 2.60. The van der Waals surface area contributed by atoms with Crippen LogP contribution in [0.3, 0.4) is 0 Å². The van der Waals surface area contributed by atoms with Crippen LogP contribution in [0.1, 0.15) is 16.8 Å². The topological polar surface area (TPSA) is 117 Å². The predicted molar refractivity (Wildman–Crippen MR) is 98.2 cm³/mol. The molecule has 0 unspecified atom stereocenters. The lowest BCUT2D eigenvalue weighted by atomic mass is 10.1. The van der Waals surface area contributed by atoms with Crippen LogP contribution in [0.5, 0.6) is 11.6 Å². The Hall–Kier alpha value is -3.63. The van der Waals surface area contributed by atoms with E-state index < -0.39 is 11.7 Å². The molecule has 0 saturated carbocycles. The quantitative estimate of drug-likeness (QED) is 0.403. The highest BCUT2D eigenvalue weighted by Crippen LogP contribution is 2.38. The van der Waals surface area contributed by atoms with Crippen molar-refractivity contribution in [2.45, 2.75) is 13.1 Å². The van der Waals surface area contributed by atoms with E-state index in [1.165, 1.54) is 24.9 Å². The lowest BCUT2D eigenvalue weighted by Gasteiger charge is -2.11. The molecule has 1 aromatic carbocycles. The monoisotopic (exact) mass is 391 g/mol. The standard InChI is InChI=1S/C17H16F3N7O/c1-9-14-12(17(18,19)20)7-13(24-15(14)27(2)26-9)28-11-5-3-10(4-6-11)8-23-25-16(21)22/h3-8H,1-2H3,(H4,21,22,25). The number of nitrogens with zero attached hydrogens (tertiary/aromatic N) is 5. The number of fused-ring (bicyclic) bond motifs is 1. The molecule has 2 heterocycles. The molecule has 0 saturated heterocycles. The van der Waals surface area contributed by atoms with Gasteiger partial charge >= 0.3 is 6.18 Å². The molecule has 4 N–H and O–H groups in total. The Balaban J connectivity index is 1.93. The minimum absolute atomic E-state index is 0.0476. The van der Waals surface area contributed by atoms with Crippen molar-refractivity contribution in [3.05, 3.63) is 47.2 Å². The molecule has 8 nitrogen and oxygen atoms in total. The average Bonchev–Trinajstić information content (AvgIpc) is 2.89. The summed E-state index contributed by atoms with van der Waals surface area (Å²) in [7, 11) is 1.52. The number of alkyl halides is 3. The third-order valence-electron chi connectivity index (χ3n) is 3.73. The van der Waals surface area contributed by atoms with Crippen LogP contribution in [-0.2, 0) is 13.2 Å². The zero-order valence-corrected chi connectivity index (χ0v) is 14.9. The third kappa shape index (κ3) is 4.03. The first-order valence-corrected chi connectivity index (χ1v) is 7.96. The van der Waals surface area contributed by atoms with Crippen LogP contribution in [0, 0.1) is 6.92 Å². The Morgan fingerprint density at radius 1 is 1.21 bits per heavy atom. The number of halogens is 3. The van der Waals surface area contributed by atoms with E-state index in [9.17, 15) is 13.2 Å². The molecule has 0 bridgehead atoms. The van der Waals surface area contributed by atoms with Crippen molar-refractivity contribution < 1.29 is 17.9 Å². The van der Waals surface area contributed by atoms with Gasteiger partial charge in [0.05, 0.1) is 22.9 Å². The molecule has 3 rings (SSSR count). The Bertz CT molecular complexity index is 1070. The van der Waals surface area contributed by atoms with Gasteiger partial charge in [0.2, 0.25) is 11.8 Å². The minimum Gasteiger partial charge on any atom is -0.439 e. The lowest BCUT2D eigenvalue weighted by Crippen LogP contribution is -2.21. The molecule has 11 heteroatoms. The fourth-order valence-electron chi connectivity index (χ4n) is 2.60. The van der Waals surface area contributed by atoms with Gasteiger partial charge in [-0.3, -0.25) is 4.68 Å². The Labute approximate surface area is 157 Å². The van der Waals surface area contributed by atoms with Crippen LogP contribution in [-0.4, -0.2) is 26.9 Å². The van der Waals surface area contributed by atoms with Gasteiger partial charge in [-0.1, -0.05) is 0 Å². The van der Waals surface area contributed by atoms with Crippen LogP contribution < -0.4 is 16.2 Å². The second-order valence-corrected chi connectivity index (χ2v) is 5.85. The highest BCUT2D eigenvalue weighted by molar-refractivity contribution is 5.83. The number of hydrogen-bond acceptors (Lipinski definition) is 5. The third-order valence-corrected chi connectivity index (χ3v) is 3.73. The summed E-state index contributed by atoms with van der Waals surface area (Å²) in [6, 6.07) is 7.26. The molecule has 0 aliphatic carbocycles. The molecule has 0 atom stereocenters. The maximum absolute atomic E-state index is 13.5. The number of benzene rings is 1. The second-order valence-electron chi connectivity index (χ2n) is 5.85. The maximum atomic E-state index is 13.5. The van der Waals surface area contributed by atoms with Gasteiger partial charge in [0, 0.05) is 13.1 Å². The number of ether oxygens (including phenoxy) is 1. The van der Waals surface area contributed by atoms with Gasteiger partial charge in [-0.05, 0) is 36.8 Å². The van der Waals surface area contributed by atoms with Crippen molar-refractivity contribution in [2.24, 2.45) is 28.7 Å². The Kier molecular flexibility index (Phi) is 4.91. The molecule has 3 aromatic rings. The summed E-state index contributed by atoms with van der Waals surface area (Å²) in [6.45, 7) is 1.50. The van der Waals surface area contributed by atoms with E-state index in [1.54, 1.807) is 24.3 Å². The summed E-state index contributed by atoms with van der Waals surface area (Å²) in [5, 5.41) is 11.1. The average molecular weight is 391 g/mol. The van der Waals surface area contributed by atoms with E-state index >= 15 is 0 Å². The summed E-state index contributed by atoms with van der Waals surface area (Å²) >= 11 is 0. The molecule has 0 radical (unpaired) electrons. The van der Waals surface area contributed by atoms with Gasteiger partial charge in [0.25, 0.3) is 0 Å². The fraction of sp³-hybridized carbons (Fsp3) is 0.176. The molecular formula is C17H16F3N7O. The molecule has 146 valence electrons. The van der Waals surface area contributed by atoms with Crippen molar-refractivity contribution in [3.63, 3.8) is 0 Å². The van der Waals surface area contributed by atoms with Crippen molar-refractivity contribution >= 4 is 23.2 Å². The van der Waals surface area contributed by atoms with Gasteiger partial charge in [-0.2, -0.15) is 28.4 Å². The van der Waals surface area contributed by atoms with Crippen molar-refractivity contribution in [3.8, 4) is 11.6 Å². The van der Waals surface area contributed by atoms with E-state index in [0.717, 1.165) is 6.07 Å². The first kappa shape index (κ1) is 19.1. The van der Waals surface area contributed by atoms with Crippen LogP contribution in [0.2, 0.25) is 0 Å². The number of aryl methyl sites for hydroxylation is 2. The normalized spacial score (nSPS) is 11.9. The van der Waals surface area contributed by atoms with E-state index in [0.29, 0.717) is 11.3 Å². The first-order valence-electron chi connectivity index (χ1n) is 7.96. The summed E-state index contributed by atoms with van der Waals surface area (Å²) in [4.78, 5) is 4.16. The molecule has 0 fully saturated rings. The number of guanidine groups is 1. The smallest absolute Gasteiger partial charge is 0.417 e. The summed E-state index contributed by atoms with van der Waals surface area (Å²) in [5.41, 5.74) is 10.5. The highest BCUT2D eigenvalue weighted by atomic mass is 19.4. The molecule has 0 aliphatic rings. The molecular weight excluding hydrogens is 375 g/mol. The number of hydrogen-bond donors (Lipinski definition) is 2. The van der Waals surface area contributed by atoms with E-state index in [4.69, 9.17) is 16.2 Å². The van der Waals surface area contributed by atoms with Gasteiger partial charge in [-0.25, -0.2) is 0 Å². The van der Waals surface area contributed by atoms with Crippen LogP contribution in [0.25, 0.3) is 11.0 Å². The number of nitrogens with two attached hydrogens (primary N) is 2. The zero-order chi connectivity index (χ0) is 20.5. The summed E-state index contributed by atoms with van der Waals surface area (Å²) in [5.74, 6) is -0.0638. The summed E-state index contributed by atoms with van der Waals surface area (Å²) < 4.78 is 47.3. The van der Waals surface area contributed by atoms with Gasteiger partial charge in [0.15, 0.2) is 5.65 Å². The maximum Gasteiger partial charge on any atom is 0.417 e. The number of rotatable bonds is 4. The van der Waals surface area contributed by atoms with E-state index in [-0.39, 0.29) is 28.6 Å². The molecule has 0 spiro atoms.